The van der Waals surface area contributed by atoms with Crippen molar-refractivity contribution in [3.05, 3.63) is 106 Å². The molecule has 0 spiro atoms. The molecular formula is C29H26F2. The van der Waals surface area contributed by atoms with E-state index < -0.39 is 5.82 Å². The number of rotatable bonds is 5. The molecule has 0 unspecified atom stereocenters. The van der Waals surface area contributed by atoms with Gasteiger partial charge in [-0.2, -0.15) is 0 Å². The Bertz CT molecular complexity index is 1150. The highest BCUT2D eigenvalue weighted by molar-refractivity contribution is 5.49. The summed E-state index contributed by atoms with van der Waals surface area (Å²) < 4.78 is 28.7. The highest BCUT2D eigenvalue weighted by Gasteiger charge is 2.04. The SMILES string of the molecule is CCCCCCc1ccc(C#Cc2ccc(C#Cc3ccc(C)cc3)cc2F)cc1F. The van der Waals surface area contributed by atoms with Crippen LogP contribution in [0.5, 0.6) is 0 Å². The summed E-state index contributed by atoms with van der Waals surface area (Å²) in [6.45, 7) is 4.17. The average Bonchev–Trinajstić information content (AvgIpc) is 2.77. The quantitative estimate of drug-likeness (QED) is 0.307. The average molecular weight is 413 g/mol. The highest BCUT2D eigenvalue weighted by atomic mass is 19.1. The molecule has 0 heterocycles. The number of hydrogen-bond acceptors (Lipinski definition) is 0. The van der Waals surface area contributed by atoms with Gasteiger partial charge in [0.15, 0.2) is 0 Å². The third-order valence-electron chi connectivity index (χ3n) is 5.07. The van der Waals surface area contributed by atoms with Crippen LogP contribution in [0.4, 0.5) is 8.78 Å². The summed E-state index contributed by atoms with van der Waals surface area (Å²) in [5.74, 6) is 11.0. The molecular weight excluding hydrogens is 386 g/mol. The van der Waals surface area contributed by atoms with E-state index in [-0.39, 0.29) is 11.4 Å². The molecule has 156 valence electrons. The van der Waals surface area contributed by atoms with Crippen molar-refractivity contribution in [2.45, 2.75) is 46.0 Å². The zero-order valence-electron chi connectivity index (χ0n) is 18.1. The number of aryl methyl sites for hydroxylation is 2. The van der Waals surface area contributed by atoms with Gasteiger partial charge >= 0.3 is 0 Å². The van der Waals surface area contributed by atoms with Gasteiger partial charge in [-0.05, 0) is 67.8 Å². The lowest BCUT2D eigenvalue weighted by atomic mass is 10.0. The first-order chi connectivity index (χ1) is 15.0. The van der Waals surface area contributed by atoms with E-state index in [9.17, 15) is 8.78 Å². The van der Waals surface area contributed by atoms with Gasteiger partial charge in [0.25, 0.3) is 0 Å². The Morgan fingerprint density at radius 1 is 0.645 bits per heavy atom. The molecule has 0 N–H and O–H groups in total. The zero-order valence-corrected chi connectivity index (χ0v) is 18.1. The number of unbranched alkanes of at least 4 members (excludes halogenated alkanes) is 3. The first kappa shape index (κ1) is 22.3. The largest absolute Gasteiger partial charge is 0.207 e. The van der Waals surface area contributed by atoms with Crippen LogP contribution >= 0.6 is 0 Å². The Hall–Kier alpha value is -3.36. The molecule has 0 fully saturated rings. The minimum atomic E-state index is -0.434. The Morgan fingerprint density at radius 2 is 1.26 bits per heavy atom. The fourth-order valence-electron chi connectivity index (χ4n) is 3.19. The molecule has 2 heteroatoms. The maximum atomic E-state index is 14.4. The highest BCUT2D eigenvalue weighted by Crippen LogP contribution is 2.15. The van der Waals surface area contributed by atoms with Crippen molar-refractivity contribution in [1.82, 2.24) is 0 Å². The fourth-order valence-corrected chi connectivity index (χ4v) is 3.19. The minimum Gasteiger partial charge on any atom is -0.207 e. The van der Waals surface area contributed by atoms with Crippen LogP contribution in [-0.2, 0) is 6.42 Å². The molecule has 0 bridgehead atoms. The molecule has 0 aliphatic rings. The minimum absolute atomic E-state index is 0.245. The number of hydrogen-bond donors (Lipinski definition) is 0. The first-order valence-corrected chi connectivity index (χ1v) is 10.7. The molecule has 3 aromatic carbocycles. The molecule has 0 nitrogen and oxygen atoms in total. The van der Waals surface area contributed by atoms with E-state index in [1.165, 1.54) is 24.1 Å². The van der Waals surface area contributed by atoms with E-state index in [4.69, 9.17) is 0 Å². The van der Waals surface area contributed by atoms with Gasteiger partial charge in [-0.3, -0.25) is 0 Å². The van der Waals surface area contributed by atoms with Crippen LogP contribution in [-0.4, -0.2) is 0 Å². The van der Waals surface area contributed by atoms with Crippen molar-refractivity contribution in [3.63, 3.8) is 0 Å². The standard InChI is InChI=1S/C29H26F2/c1-3-4-5-6-7-26-17-14-25(21-28(26)30)16-19-27-18-15-24(20-29(27)31)13-12-23-10-8-22(2)9-11-23/h8-11,14-15,17-18,20-21H,3-7H2,1-2H3. The third kappa shape index (κ3) is 6.84. The Morgan fingerprint density at radius 3 is 1.94 bits per heavy atom. The first-order valence-electron chi connectivity index (χ1n) is 10.7. The van der Waals surface area contributed by atoms with Gasteiger partial charge in [0, 0.05) is 16.7 Å². The van der Waals surface area contributed by atoms with Crippen LogP contribution in [0.3, 0.4) is 0 Å². The summed E-state index contributed by atoms with van der Waals surface area (Å²) in [6, 6.07) is 17.6. The topological polar surface area (TPSA) is 0 Å². The molecule has 3 aromatic rings. The summed E-state index contributed by atoms with van der Waals surface area (Å²) >= 11 is 0. The number of benzene rings is 3. The van der Waals surface area contributed by atoms with E-state index in [0.717, 1.165) is 31.2 Å². The van der Waals surface area contributed by atoms with Crippen molar-refractivity contribution in [3.8, 4) is 23.7 Å². The Kier molecular flexibility index (Phi) is 8.03. The molecule has 0 aliphatic carbocycles. The molecule has 0 radical (unpaired) electrons. The van der Waals surface area contributed by atoms with Gasteiger partial charge in [0.2, 0.25) is 0 Å². The van der Waals surface area contributed by atoms with Gasteiger partial charge in [-0.1, -0.05) is 73.6 Å². The molecule has 0 saturated carbocycles. The predicted octanol–water partition coefficient (Wildman–Crippen LogP) is 7.20. The summed E-state index contributed by atoms with van der Waals surface area (Å²) in [7, 11) is 0. The van der Waals surface area contributed by atoms with Crippen LogP contribution in [0.25, 0.3) is 0 Å². The summed E-state index contributed by atoms with van der Waals surface area (Å²) in [5, 5.41) is 0. The normalized spacial score (nSPS) is 10.1. The summed E-state index contributed by atoms with van der Waals surface area (Å²) in [5.41, 5.74) is 4.15. The van der Waals surface area contributed by atoms with Crippen LogP contribution in [0.15, 0.2) is 60.7 Å². The van der Waals surface area contributed by atoms with Crippen LogP contribution in [0, 0.1) is 42.2 Å². The molecule has 0 saturated heterocycles. The predicted molar refractivity (Wildman–Crippen MR) is 124 cm³/mol. The smallest absolute Gasteiger partial charge is 0.140 e. The summed E-state index contributed by atoms with van der Waals surface area (Å²) in [6.07, 6.45) is 5.17. The lowest BCUT2D eigenvalue weighted by molar-refractivity contribution is 0.593. The Labute approximate surface area is 184 Å². The lowest BCUT2D eigenvalue weighted by Crippen LogP contribution is -1.92. The molecule has 3 rings (SSSR count). The Balaban J connectivity index is 1.68. The van der Waals surface area contributed by atoms with E-state index >= 15 is 0 Å². The van der Waals surface area contributed by atoms with Gasteiger partial charge in [-0.15, -0.1) is 0 Å². The summed E-state index contributed by atoms with van der Waals surface area (Å²) in [4.78, 5) is 0. The zero-order chi connectivity index (χ0) is 22.1. The van der Waals surface area contributed by atoms with Crippen molar-refractivity contribution in [2.24, 2.45) is 0 Å². The second-order valence-electron chi connectivity index (χ2n) is 7.68. The van der Waals surface area contributed by atoms with Crippen molar-refractivity contribution >= 4 is 0 Å². The maximum absolute atomic E-state index is 14.4. The lowest BCUT2D eigenvalue weighted by Gasteiger charge is -2.03. The molecule has 0 aromatic heterocycles. The van der Waals surface area contributed by atoms with E-state index in [2.05, 4.69) is 30.6 Å². The van der Waals surface area contributed by atoms with Gasteiger partial charge in [0.05, 0.1) is 5.56 Å². The molecule has 0 amide bonds. The van der Waals surface area contributed by atoms with Crippen molar-refractivity contribution in [2.75, 3.05) is 0 Å². The van der Waals surface area contributed by atoms with E-state index in [0.29, 0.717) is 16.7 Å². The van der Waals surface area contributed by atoms with Gasteiger partial charge in [-0.25, -0.2) is 8.78 Å². The number of halogens is 2. The van der Waals surface area contributed by atoms with Crippen LogP contribution in [0.2, 0.25) is 0 Å². The van der Waals surface area contributed by atoms with E-state index in [1.54, 1.807) is 24.3 Å². The second kappa shape index (κ2) is 11.1. The monoisotopic (exact) mass is 412 g/mol. The fraction of sp³-hybridized carbons (Fsp3) is 0.241. The second-order valence-corrected chi connectivity index (χ2v) is 7.68. The molecule has 0 atom stereocenters. The molecule has 31 heavy (non-hydrogen) atoms. The van der Waals surface area contributed by atoms with Gasteiger partial charge in [0.1, 0.15) is 11.6 Å². The van der Waals surface area contributed by atoms with Gasteiger partial charge < -0.3 is 0 Å². The third-order valence-corrected chi connectivity index (χ3v) is 5.07. The van der Waals surface area contributed by atoms with Crippen LogP contribution in [0.1, 0.15) is 66.0 Å². The van der Waals surface area contributed by atoms with E-state index in [1.807, 2.05) is 31.2 Å². The molecule has 0 aliphatic heterocycles. The van der Waals surface area contributed by atoms with Crippen LogP contribution < -0.4 is 0 Å². The van der Waals surface area contributed by atoms with Crippen molar-refractivity contribution < 1.29 is 8.78 Å². The maximum Gasteiger partial charge on any atom is 0.140 e. The van der Waals surface area contributed by atoms with Crippen molar-refractivity contribution in [1.29, 1.82) is 0 Å².